The lowest BCUT2D eigenvalue weighted by Crippen LogP contribution is -2.44. The Hall–Kier alpha value is -1.43. The Labute approximate surface area is 110 Å². The molecule has 1 aromatic rings. The van der Waals surface area contributed by atoms with Gasteiger partial charge in [-0.25, -0.2) is 9.78 Å². The van der Waals surface area contributed by atoms with Gasteiger partial charge in [0.2, 0.25) is 5.91 Å². The SMILES string of the molecule is Cc1csc(CCC(=O)N[C@@H](C(=O)O)C(C)C)n1. The third kappa shape index (κ3) is 4.44. The highest BCUT2D eigenvalue weighted by molar-refractivity contribution is 7.09. The maximum Gasteiger partial charge on any atom is 0.326 e. The second-order valence-electron chi connectivity index (χ2n) is 4.51. The first kappa shape index (κ1) is 14.6. The quantitative estimate of drug-likeness (QED) is 0.823. The largest absolute Gasteiger partial charge is 0.480 e. The number of aliphatic carboxylic acids is 1. The predicted octanol–water partition coefficient (Wildman–Crippen LogP) is 1.61. The Bertz CT molecular complexity index is 429. The van der Waals surface area contributed by atoms with Crippen LogP contribution in [0.2, 0.25) is 0 Å². The van der Waals surface area contributed by atoms with Gasteiger partial charge in [-0.1, -0.05) is 13.8 Å². The van der Waals surface area contributed by atoms with Crippen molar-refractivity contribution in [1.29, 1.82) is 0 Å². The molecule has 0 aliphatic rings. The van der Waals surface area contributed by atoms with Crippen LogP contribution in [0.1, 0.15) is 31.0 Å². The number of carboxylic acids is 1. The van der Waals surface area contributed by atoms with Gasteiger partial charge < -0.3 is 10.4 Å². The second kappa shape index (κ2) is 6.49. The van der Waals surface area contributed by atoms with E-state index < -0.39 is 12.0 Å². The van der Waals surface area contributed by atoms with Crippen molar-refractivity contribution in [2.75, 3.05) is 0 Å². The third-order valence-electron chi connectivity index (χ3n) is 2.48. The Balaban J connectivity index is 2.43. The van der Waals surface area contributed by atoms with E-state index >= 15 is 0 Å². The van der Waals surface area contributed by atoms with Crippen molar-refractivity contribution in [1.82, 2.24) is 10.3 Å². The monoisotopic (exact) mass is 270 g/mol. The van der Waals surface area contributed by atoms with Crippen LogP contribution in [0.15, 0.2) is 5.38 Å². The van der Waals surface area contributed by atoms with Gasteiger partial charge in [-0.3, -0.25) is 4.79 Å². The lowest BCUT2D eigenvalue weighted by Gasteiger charge is -2.17. The van der Waals surface area contributed by atoms with Crippen molar-refractivity contribution >= 4 is 23.2 Å². The molecule has 0 unspecified atom stereocenters. The van der Waals surface area contributed by atoms with E-state index in [9.17, 15) is 9.59 Å². The highest BCUT2D eigenvalue weighted by atomic mass is 32.1. The minimum atomic E-state index is -0.997. The molecule has 1 amide bonds. The van der Waals surface area contributed by atoms with Crippen LogP contribution < -0.4 is 5.32 Å². The van der Waals surface area contributed by atoms with Gasteiger partial charge in [0.05, 0.1) is 5.01 Å². The number of carbonyl (C=O) groups is 2. The van der Waals surface area contributed by atoms with Gasteiger partial charge in [0, 0.05) is 23.9 Å². The van der Waals surface area contributed by atoms with Crippen molar-refractivity contribution < 1.29 is 14.7 Å². The first-order valence-corrected chi connectivity index (χ1v) is 6.71. The molecule has 1 rings (SSSR count). The number of amides is 1. The number of aryl methyl sites for hydroxylation is 2. The average molecular weight is 270 g/mol. The van der Waals surface area contributed by atoms with Crippen molar-refractivity contribution in [2.24, 2.45) is 5.92 Å². The molecule has 0 fully saturated rings. The molecule has 5 nitrogen and oxygen atoms in total. The van der Waals surface area contributed by atoms with Crippen LogP contribution in [0.5, 0.6) is 0 Å². The molecule has 6 heteroatoms. The van der Waals surface area contributed by atoms with Crippen molar-refractivity contribution in [3.63, 3.8) is 0 Å². The normalized spacial score (nSPS) is 12.4. The Kier molecular flexibility index (Phi) is 5.27. The van der Waals surface area contributed by atoms with Crippen LogP contribution in [0.3, 0.4) is 0 Å². The zero-order valence-corrected chi connectivity index (χ0v) is 11.6. The first-order chi connectivity index (χ1) is 8.40. The summed E-state index contributed by atoms with van der Waals surface area (Å²) in [4.78, 5) is 26.8. The summed E-state index contributed by atoms with van der Waals surface area (Å²) < 4.78 is 0. The zero-order chi connectivity index (χ0) is 13.7. The molecule has 2 N–H and O–H groups in total. The van der Waals surface area contributed by atoms with Gasteiger partial charge in [0.15, 0.2) is 0 Å². The minimum Gasteiger partial charge on any atom is -0.480 e. The number of rotatable bonds is 6. The van der Waals surface area contributed by atoms with Gasteiger partial charge in [-0.05, 0) is 12.8 Å². The molecule has 100 valence electrons. The summed E-state index contributed by atoms with van der Waals surface area (Å²) >= 11 is 1.52. The van der Waals surface area contributed by atoms with Crippen LogP contribution in [0.25, 0.3) is 0 Å². The molecule has 0 bridgehead atoms. The summed E-state index contributed by atoms with van der Waals surface area (Å²) in [6.07, 6.45) is 0.818. The molecule has 1 heterocycles. The number of aromatic nitrogens is 1. The van der Waals surface area contributed by atoms with Crippen molar-refractivity contribution in [2.45, 2.75) is 39.7 Å². The van der Waals surface area contributed by atoms with E-state index in [1.807, 2.05) is 12.3 Å². The van der Waals surface area contributed by atoms with Gasteiger partial charge in [0.1, 0.15) is 6.04 Å². The molecular formula is C12H18N2O3S. The molecule has 1 aromatic heterocycles. The van der Waals surface area contributed by atoms with E-state index in [4.69, 9.17) is 5.11 Å². The van der Waals surface area contributed by atoms with Crippen LogP contribution >= 0.6 is 11.3 Å². The molecular weight excluding hydrogens is 252 g/mol. The Morgan fingerprint density at radius 1 is 1.50 bits per heavy atom. The average Bonchev–Trinajstić information content (AvgIpc) is 2.68. The van der Waals surface area contributed by atoms with Crippen LogP contribution in [0.4, 0.5) is 0 Å². The zero-order valence-electron chi connectivity index (χ0n) is 10.8. The maximum absolute atomic E-state index is 11.6. The summed E-state index contributed by atoms with van der Waals surface area (Å²) in [5, 5.41) is 14.3. The number of hydrogen-bond donors (Lipinski definition) is 2. The van der Waals surface area contributed by atoms with Gasteiger partial charge in [-0.2, -0.15) is 0 Å². The van der Waals surface area contributed by atoms with E-state index in [1.165, 1.54) is 11.3 Å². The molecule has 1 atom stereocenters. The van der Waals surface area contributed by atoms with Gasteiger partial charge >= 0.3 is 5.97 Å². The van der Waals surface area contributed by atoms with Gasteiger partial charge in [0.25, 0.3) is 0 Å². The summed E-state index contributed by atoms with van der Waals surface area (Å²) in [5.74, 6) is -1.37. The molecule has 0 spiro atoms. The van der Waals surface area contributed by atoms with E-state index in [1.54, 1.807) is 13.8 Å². The number of nitrogens with one attached hydrogen (secondary N) is 1. The van der Waals surface area contributed by atoms with E-state index in [0.717, 1.165) is 10.7 Å². The lowest BCUT2D eigenvalue weighted by atomic mass is 10.0. The van der Waals surface area contributed by atoms with E-state index in [0.29, 0.717) is 6.42 Å². The summed E-state index contributed by atoms with van der Waals surface area (Å²) in [6.45, 7) is 5.44. The predicted molar refractivity (Wildman–Crippen MR) is 69.6 cm³/mol. The van der Waals surface area contributed by atoms with Crippen molar-refractivity contribution in [3.8, 4) is 0 Å². The third-order valence-corrected chi connectivity index (χ3v) is 3.51. The topological polar surface area (TPSA) is 79.3 Å². The Morgan fingerprint density at radius 3 is 2.61 bits per heavy atom. The lowest BCUT2D eigenvalue weighted by molar-refractivity contribution is -0.143. The fourth-order valence-corrected chi connectivity index (χ4v) is 2.27. The Morgan fingerprint density at radius 2 is 2.17 bits per heavy atom. The number of hydrogen-bond acceptors (Lipinski definition) is 4. The highest BCUT2D eigenvalue weighted by Crippen LogP contribution is 2.11. The summed E-state index contributed by atoms with van der Waals surface area (Å²) in [6, 6.07) is -0.824. The number of carbonyl (C=O) groups excluding carboxylic acids is 1. The minimum absolute atomic E-state index is 0.131. The van der Waals surface area contributed by atoms with E-state index in [2.05, 4.69) is 10.3 Å². The summed E-state index contributed by atoms with van der Waals surface area (Å²) in [5.41, 5.74) is 0.945. The smallest absolute Gasteiger partial charge is 0.326 e. The maximum atomic E-state index is 11.6. The van der Waals surface area contributed by atoms with Gasteiger partial charge in [-0.15, -0.1) is 11.3 Å². The fraction of sp³-hybridized carbons (Fsp3) is 0.583. The molecule has 0 saturated carbocycles. The van der Waals surface area contributed by atoms with Crippen LogP contribution in [-0.4, -0.2) is 28.0 Å². The first-order valence-electron chi connectivity index (χ1n) is 5.83. The molecule has 0 radical (unpaired) electrons. The number of thiazole rings is 1. The van der Waals surface area contributed by atoms with E-state index in [-0.39, 0.29) is 18.2 Å². The second-order valence-corrected chi connectivity index (χ2v) is 5.45. The standard InChI is InChI=1S/C12H18N2O3S/c1-7(2)11(12(16)17)14-9(15)4-5-10-13-8(3)6-18-10/h6-7,11H,4-5H2,1-3H3,(H,14,15)(H,16,17)/t11-/m1/s1. The van der Waals surface area contributed by atoms with Crippen molar-refractivity contribution in [3.05, 3.63) is 16.1 Å². The number of carboxylic acid groups (broad SMARTS) is 1. The number of nitrogens with zero attached hydrogens (tertiary/aromatic N) is 1. The highest BCUT2D eigenvalue weighted by Gasteiger charge is 2.23. The molecule has 0 aliphatic heterocycles. The fourth-order valence-electron chi connectivity index (χ4n) is 1.50. The summed E-state index contributed by atoms with van der Waals surface area (Å²) in [7, 11) is 0. The molecule has 0 aromatic carbocycles. The molecule has 0 saturated heterocycles. The molecule has 18 heavy (non-hydrogen) atoms. The van der Waals surface area contributed by atoms with Crippen LogP contribution in [0, 0.1) is 12.8 Å². The molecule has 0 aliphatic carbocycles. The van der Waals surface area contributed by atoms with Crippen LogP contribution in [-0.2, 0) is 16.0 Å².